The molecule has 0 aliphatic rings. The molecule has 12 N–H and O–H groups in total. The van der Waals surface area contributed by atoms with Crippen LogP contribution in [0.3, 0.4) is 0 Å². The summed E-state index contributed by atoms with van der Waals surface area (Å²) in [7, 11) is 0. The second-order valence-corrected chi connectivity index (χ2v) is 17.4. The van der Waals surface area contributed by atoms with Crippen LogP contribution in [0.1, 0.15) is 135 Å². The molecule has 0 bridgehead atoms. The minimum atomic E-state index is -1.33. The van der Waals surface area contributed by atoms with Crippen molar-refractivity contribution in [3.63, 3.8) is 0 Å². The monoisotopic (exact) mass is 924 g/mol. The highest BCUT2D eigenvalue weighted by Crippen LogP contribution is 2.15. The third kappa shape index (κ3) is 23.8. The van der Waals surface area contributed by atoms with Crippen LogP contribution in [-0.2, 0) is 51.2 Å². The molecule has 0 saturated heterocycles. The predicted molar refractivity (Wildman–Crippen MR) is 248 cm³/mol. The number of hydrogen-bond acceptors (Lipinski definition) is 10. The number of rotatable bonds is 34. The number of benzene rings is 2. The van der Waals surface area contributed by atoms with Gasteiger partial charge in [0.2, 0.25) is 41.4 Å². The highest BCUT2D eigenvalue weighted by Gasteiger charge is 2.32. The lowest BCUT2D eigenvalue weighted by Gasteiger charge is -2.26. The van der Waals surface area contributed by atoms with Crippen LogP contribution in [0.5, 0.6) is 5.75 Å². The van der Waals surface area contributed by atoms with E-state index >= 15 is 0 Å². The van der Waals surface area contributed by atoms with Crippen LogP contribution in [0.2, 0.25) is 0 Å². The molecule has 366 valence electrons. The number of hydrogen-bond donors (Lipinski definition) is 10. The first-order chi connectivity index (χ1) is 31.4. The summed E-state index contributed by atoms with van der Waals surface area (Å²) in [4.78, 5) is 101. The molecule has 0 spiro atoms. The van der Waals surface area contributed by atoms with Gasteiger partial charge in [0.25, 0.3) is 0 Å². The molecule has 2 aromatic rings. The number of aliphatic hydroxyl groups is 1. The number of aromatic hydroxyl groups is 1. The molecule has 18 nitrogen and oxygen atoms in total. The maximum absolute atomic E-state index is 13.3. The SMILES string of the molecule is CC(C)C[C@H](NC(=O)[C@@H](NC(=O)CCCCCCCCCCCCCCC(=O)N[C@@H](CC(N)=O)C(=O)N[C@@H](Cc1ccc(O)cc1)C(=O)O)C(C)O)C(=O)N[C@@H](Cc1ccccc1)C(N)=O. The van der Waals surface area contributed by atoms with E-state index in [1.807, 2.05) is 44.2 Å². The van der Waals surface area contributed by atoms with Crippen LogP contribution in [0.15, 0.2) is 54.6 Å². The summed E-state index contributed by atoms with van der Waals surface area (Å²) in [5.41, 5.74) is 12.2. The van der Waals surface area contributed by atoms with E-state index < -0.39 is 84.1 Å². The van der Waals surface area contributed by atoms with E-state index in [-0.39, 0.29) is 49.7 Å². The Hall–Kier alpha value is -6.04. The number of primary amides is 2. The van der Waals surface area contributed by atoms with Crippen LogP contribution >= 0.6 is 0 Å². The van der Waals surface area contributed by atoms with Crippen LogP contribution < -0.4 is 38.1 Å². The van der Waals surface area contributed by atoms with Gasteiger partial charge in [-0.2, -0.15) is 0 Å². The van der Waals surface area contributed by atoms with E-state index in [4.69, 9.17) is 11.5 Å². The van der Waals surface area contributed by atoms with Crippen molar-refractivity contribution in [2.75, 3.05) is 0 Å². The normalized spacial score (nSPS) is 13.8. The number of phenols is 1. The maximum Gasteiger partial charge on any atom is 0.326 e. The standard InChI is InChI=1S/C48H73N7O11/c1-31(2)27-37(45(62)52-36(44(50)61)28-33-19-15-14-16-20-33)53-47(64)43(32(3)56)55-42(60)22-18-13-11-9-7-5-4-6-8-10-12-17-21-41(59)51-38(30-40(49)58)46(63)54-39(48(65)66)29-34-23-25-35(57)26-24-34/h14-16,19-20,23-26,31-32,36-39,43,56-57H,4-13,17-18,21-22,27-30H2,1-3H3,(H2,49,58)(H2,50,61)(H,51,59)(H,52,62)(H,53,64)(H,54,63)(H,55,60)(H,65,66)/t32?,36-,37-,38-,39-,43-/m0/s1. The molecular formula is C48H73N7O11. The van der Waals surface area contributed by atoms with E-state index in [9.17, 15) is 53.7 Å². The highest BCUT2D eigenvalue weighted by molar-refractivity contribution is 5.95. The Balaban J connectivity index is 1.62. The molecule has 0 fully saturated rings. The Morgan fingerprint density at radius 1 is 0.530 bits per heavy atom. The summed E-state index contributed by atoms with van der Waals surface area (Å²) in [5, 5.41) is 42.3. The van der Waals surface area contributed by atoms with Crippen molar-refractivity contribution < 1.29 is 53.7 Å². The Morgan fingerprint density at radius 3 is 1.44 bits per heavy atom. The van der Waals surface area contributed by atoms with Crippen LogP contribution in [-0.4, -0.2) is 99.0 Å². The van der Waals surface area contributed by atoms with E-state index in [0.29, 0.717) is 18.4 Å². The number of carbonyl (C=O) groups excluding carboxylic acids is 7. The fraction of sp³-hybridized carbons (Fsp3) is 0.583. The average Bonchev–Trinajstić information content (AvgIpc) is 3.25. The van der Waals surface area contributed by atoms with Gasteiger partial charge in [-0.25, -0.2) is 4.79 Å². The Bertz CT molecular complexity index is 1840. The number of nitrogens with two attached hydrogens (primary N) is 2. The third-order valence-electron chi connectivity index (χ3n) is 11.0. The number of nitrogens with one attached hydrogen (secondary N) is 5. The largest absolute Gasteiger partial charge is 0.508 e. The number of amides is 7. The number of unbranched alkanes of at least 4 members (excludes halogenated alkanes) is 11. The molecule has 0 heterocycles. The number of aliphatic hydroxyl groups excluding tert-OH is 1. The van der Waals surface area contributed by atoms with Crippen molar-refractivity contribution in [2.24, 2.45) is 17.4 Å². The number of aliphatic carboxylic acids is 1. The molecule has 7 amide bonds. The first kappa shape index (κ1) is 56.1. The number of carboxylic acid groups (broad SMARTS) is 1. The molecule has 0 aliphatic carbocycles. The lowest BCUT2D eigenvalue weighted by molar-refractivity contribution is -0.142. The van der Waals surface area contributed by atoms with E-state index in [0.717, 1.165) is 69.8 Å². The summed E-state index contributed by atoms with van der Waals surface area (Å²) in [6, 6.07) is 8.94. The number of carbonyl (C=O) groups is 8. The molecule has 6 atom stereocenters. The van der Waals surface area contributed by atoms with Crippen molar-refractivity contribution in [3.8, 4) is 5.75 Å². The molecule has 18 heteroatoms. The Kier molecular flexibility index (Phi) is 26.3. The summed E-state index contributed by atoms with van der Waals surface area (Å²) in [6.45, 7) is 5.14. The highest BCUT2D eigenvalue weighted by atomic mass is 16.4. The van der Waals surface area contributed by atoms with Gasteiger partial charge in [-0.05, 0) is 55.4 Å². The molecule has 2 rings (SSSR count). The zero-order valence-electron chi connectivity index (χ0n) is 38.7. The first-order valence-corrected chi connectivity index (χ1v) is 23.2. The minimum absolute atomic E-state index is 0.00799. The van der Waals surface area contributed by atoms with Gasteiger partial charge in [0, 0.05) is 25.7 Å². The second-order valence-electron chi connectivity index (χ2n) is 17.4. The van der Waals surface area contributed by atoms with Gasteiger partial charge in [0.05, 0.1) is 12.5 Å². The molecule has 0 aromatic heterocycles. The van der Waals surface area contributed by atoms with Crippen molar-refractivity contribution >= 4 is 47.3 Å². The van der Waals surface area contributed by atoms with Gasteiger partial charge < -0.3 is 53.4 Å². The molecule has 0 radical (unpaired) electrons. The van der Waals surface area contributed by atoms with Crippen molar-refractivity contribution in [1.82, 2.24) is 26.6 Å². The topological polar surface area (TPSA) is 309 Å². The van der Waals surface area contributed by atoms with Gasteiger partial charge in [0.15, 0.2) is 0 Å². The molecule has 66 heavy (non-hydrogen) atoms. The van der Waals surface area contributed by atoms with Gasteiger partial charge >= 0.3 is 5.97 Å². The summed E-state index contributed by atoms with van der Waals surface area (Å²) in [5.74, 6) is -5.82. The summed E-state index contributed by atoms with van der Waals surface area (Å²) in [6.07, 6.45) is 9.87. The molecule has 2 aromatic carbocycles. The fourth-order valence-corrected chi connectivity index (χ4v) is 7.32. The number of phenolic OH excluding ortho intramolecular Hbond substituents is 1. The average molecular weight is 924 g/mol. The second kappa shape index (κ2) is 31.0. The molecular weight excluding hydrogens is 851 g/mol. The lowest BCUT2D eigenvalue weighted by atomic mass is 10.0. The smallest absolute Gasteiger partial charge is 0.326 e. The molecule has 0 saturated carbocycles. The van der Waals surface area contributed by atoms with Crippen molar-refractivity contribution in [2.45, 2.75) is 173 Å². The zero-order valence-corrected chi connectivity index (χ0v) is 38.7. The zero-order chi connectivity index (χ0) is 49.0. The van der Waals surface area contributed by atoms with Gasteiger partial charge in [-0.1, -0.05) is 121 Å². The van der Waals surface area contributed by atoms with E-state index in [1.165, 1.54) is 31.2 Å². The van der Waals surface area contributed by atoms with Crippen molar-refractivity contribution in [1.29, 1.82) is 0 Å². The van der Waals surface area contributed by atoms with Gasteiger partial charge in [-0.15, -0.1) is 0 Å². The fourth-order valence-electron chi connectivity index (χ4n) is 7.32. The van der Waals surface area contributed by atoms with Crippen LogP contribution in [0, 0.1) is 5.92 Å². The third-order valence-corrected chi connectivity index (χ3v) is 11.0. The molecule has 1 unspecified atom stereocenters. The van der Waals surface area contributed by atoms with Crippen LogP contribution in [0.25, 0.3) is 0 Å². The van der Waals surface area contributed by atoms with Crippen LogP contribution in [0.4, 0.5) is 0 Å². The molecule has 0 aliphatic heterocycles. The summed E-state index contributed by atoms with van der Waals surface area (Å²) >= 11 is 0. The van der Waals surface area contributed by atoms with Gasteiger partial charge in [-0.3, -0.25) is 33.6 Å². The Labute approximate surface area is 388 Å². The summed E-state index contributed by atoms with van der Waals surface area (Å²) < 4.78 is 0. The maximum atomic E-state index is 13.3. The predicted octanol–water partition coefficient (Wildman–Crippen LogP) is 2.94. The van der Waals surface area contributed by atoms with Crippen molar-refractivity contribution in [3.05, 3.63) is 65.7 Å². The first-order valence-electron chi connectivity index (χ1n) is 23.2. The van der Waals surface area contributed by atoms with E-state index in [2.05, 4.69) is 26.6 Å². The number of carboxylic acids is 1. The lowest BCUT2D eigenvalue weighted by Crippen LogP contribution is -2.59. The quantitative estimate of drug-likeness (QED) is 0.0455. The van der Waals surface area contributed by atoms with E-state index in [1.54, 1.807) is 0 Å². The van der Waals surface area contributed by atoms with Gasteiger partial charge in [0.1, 0.15) is 36.0 Å². The Morgan fingerprint density at radius 2 is 0.970 bits per heavy atom. The minimum Gasteiger partial charge on any atom is -0.508 e.